The summed E-state index contributed by atoms with van der Waals surface area (Å²) < 4.78 is 11.6. The predicted molar refractivity (Wildman–Crippen MR) is 172 cm³/mol. The first-order chi connectivity index (χ1) is 21.2. The average Bonchev–Trinajstić information content (AvgIpc) is 3.01. The van der Waals surface area contributed by atoms with Crippen LogP contribution in [0, 0.1) is 27.7 Å². The molecule has 6 heteroatoms. The van der Waals surface area contributed by atoms with E-state index in [-0.39, 0.29) is 33.8 Å². The van der Waals surface area contributed by atoms with E-state index in [1.54, 1.807) is 36.4 Å². The summed E-state index contributed by atoms with van der Waals surface area (Å²) >= 11 is 0. The van der Waals surface area contributed by atoms with E-state index < -0.39 is 11.9 Å². The van der Waals surface area contributed by atoms with Crippen LogP contribution in [0.2, 0.25) is 0 Å². The number of aromatic hydroxyl groups is 2. The Kier molecular flexibility index (Phi) is 7.27. The van der Waals surface area contributed by atoms with Crippen LogP contribution in [0.3, 0.4) is 0 Å². The number of aryl methyl sites for hydroxylation is 4. The summed E-state index contributed by atoms with van der Waals surface area (Å²) in [6.45, 7) is 7.37. The van der Waals surface area contributed by atoms with Crippen LogP contribution in [0.5, 0.6) is 23.0 Å². The summed E-state index contributed by atoms with van der Waals surface area (Å²) in [7, 11) is 0. The molecule has 0 unspecified atom stereocenters. The Hall–Kier alpha value is -5.62. The van der Waals surface area contributed by atoms with Crippen LogP contribution in [0.1, 0.15) is 43.0 Å². The van der Waals surface area contributed by atoms with Crippen LogP contribution in [-0.4, -0.2) is 22.2 Å². The lowest BCUT2D eigenvalue weighted by atomic mass is 9.88. The van der Waals surface area contributed by atoms with Gasteiger partial charge in [-0.25, -0.2) is 9.59 Å². The lowest BCUT2D eigenvalue weighted by Gasteiger charge is -2.19. The maximum Gasteiger partial charge on any atom is 0.347 e. The van der Waals surface area contributed by atoms with Crippen molar-refractivity contribution in [1.29, 1.82) is 0 Å². The molecule has 44 heavy (non-hydrogen) atoms. The fourth-order valence-corrected chi connectivity index (χ4v) is 5.71. The molecule has 0 bridgehead atoms. The van der Waals surface area contributed by atoms with Gasteiger partial charge in [-0.2, -0.15) is 0 Å². The van der Waals surface area contributed by atoms with Gasteiger partial charge in [-0.1, -0.05) is 84.9 Å². The summed E-state index contributed by atoms with van der Waals surface area (Å²) in [5.74, 6) is -1.42. The SMILES string of the molecule is Cc1cccc(C)c1OC(=O)c1cc2ccccc2c(-c2c(O)c(C(=O)Oc3c(C)cccc3C)cc3ccccc23)c1O. The second-order valence-corrected chi connectivity index (χ2v) is 11.0. The third kappa shape index (κ3) is 4.90. The van der Waals surface area contributed by atoms with E-state index in [0.29, 0.717) is 33.0 Å². The molecular weight excluding hydrogens is 552 g/mol. The van der Waals surface area contributed by atoms with Crippen molar-refractivity contribution in [2.24, 2.45) is 0 Å². The number of phenols is 2. The number of phenolic OH excluding ortho intramolecular Hbond substituents is 2. The van der Waals surface area contributed by atoms with Crippen molar-refractivity contribution in [1.82, 2.24) is 0 Å². The van der Waals surface area contributed by atoms with Gasteiger partial charge in [0, 0.05) is 11.1 Å². The minimum Gasteiger partial charge on any atom is -0.506 e. The topological polar surface area (TPSA) is 93.1 Å². The van der Waals surface area contributed by atoms with Crippen molar-refractivity contribution < 1.29 is 29.3 Å². The fraction of sp³-hybridized carbons (Fsp3) is 0.105. The van der Waals surface area contributed by atoms with Crippen LogP contribution in [0.15, 0.2) is 97.1 Å². The lowest BCUT2D eigenvalue weighted by molar-refractivity contribution is 0.0719. The molecule has 0 saturated heterocycles. The van der Waals surface area contributed by atoms with Gasteiger partial charge in [0.2, 0.25) is 0 Å². The molecule has 0 spiro atoms. The quantitative estimate of drug-likeness (QED) is 0.156. The summed E-state index contributed by atoms with van der Waals surface area (Å²) in [6.07, 6.45) is 0. The first-order valence-electron chi connectivity index (χ1n) is 14.2. The Morgan fingerprint density at radius 1 is 0.500 bits per heavy atom. The highest BCUT2D eigenvalue weighted by atomic mass is 16.5. The largest absolute Gasteiger partial charge is 0.506 e. The fourth-order valence-electron chi connectivity index (χ4n) is 5.71. The number of benzene rings is 6. The predicted octanol–water partition coefficient (Wildman–Crippen LogP) is 8.74. The lowest BCUT2D eigenvalue weighted by Crippen LogP contribution is -2.12. The minimum atomic E-state index is -0.749. The second kappa shape index (κ2) is 11.2. The van der Waals surface area contributed by atoms with E-state index in [9.17, 15) is 19.8 Å². The molecule has 0 atom stereocenters. The summed E-state index contributed by atoms with van der Waals surface area (Å²) in [5.41, 5.74) is 3.35. The monoisotopic (exact) mass is 582 g/mol. The molecule has 0 amide bonds. The Labute approximate surface area is 254 Å². The van der Waals surface area contributed by atoms with E-state index in [0.717, 1.165) is 22.3 Å². The van der Waals surface area contributed by atoms with Gasteiger partial charge in [0.25, 0.3) is 0 Å². The molecule has 0 saturated carbocycles. The molecule has 6 nitrogen and oxygen atoms in total. The van der Waals surface area contributed by atoms with Crippen LogP contribution in [0.25, 0.3) is 32.7 Å². The number of fused-ring (bicyclic) bond motifs is 2. The molecule has 218 valence electrons. The number of rotatable bonds is 5. The van der Waals surface area contributed by atoms with Crippen LogP contribution in [-0.2, 0) is 0 Å². The molecule has 0 aromatic heterocycles. The van der Waals surface area contributed by atoms with Crippen molar-refractivity contribution in [3.05, 3.63) is 130 Å². The van der Waals surface area contributed by atoms with Gasteiger partial charge >= 0.3 is 11.9 Å². The van der Waals surface area contributed by atoms with Gasteiger partial charge in [-0.3, -0.25) is 0 Å². The van der Waals surface area contributed by atoms with Gasteiger partial charge in [-0.05, 0) is 83.6 Å². The third-order valence-corrected chi connectivity index (χ3v) is 7.94. The number of hydrogen-bond acceptors (Lipinski definition) is 6. The van der Waals surface area contributed by atoms with E-state index in [4.69, 9.17) is 9.47 Å². The summed E-state index contributed by atoms with van der Waals surface area (Å²) in [6, 6.07) is 28.7. The van der Waals surface area contributed by atoms with E-state index in [2.05, 4.69) is 0 Å². The van der Waals surface area contributed by atoms with Gasteiger partial charge in [0.1, 0.15) is 34.1 Å². The molecule has 0 heterocycles. The van der Waals surface area contributed by atoms with Crippen molar-refractivity contribution in [2.45, 2.75) is 27.7 Å². The van der Waals surface area contributed by atoms with Crippen molar-refractivity contribution in [3.63, 3.8) is 0 Å². The van der Waals surface area contributed by atoms with Crippen LogP contribution >= 0.6 is 0 Å². The van der Waals surface area contributed by atoms with Gasteiger partial charge in [0.15, 0.2) is 0 Å². The summed E-state index contributed by atoms with van der Waals surface area (Å²) in [5, 5.41) is 26.1. The average molecular weight is 583 g/mol. The molecule has 6 aromatic rings. The zero-order valence-corrected chi connectivity index (χ0v) is 24.8. The summed E-state index contributed by atoms with van der Waals surface area (Å²) in [4.78, 5) is 27.3. The molecule has 0 aliphatic carbocycles. The Morgan fingerprint density at radius 2 is 0.841 bits per heavy atom. The van der Waals surface area contributed by atoms with Gasteiger partial charge in [-0.15, -0.1) is 0 Å². The zero-order valence-electron chi connectivity index (χ0n) is 24.8. The third-order valence-electron chi connectivity index (χ3n) is 7.94. The number of ether oxygens (including phenoxy) is 2. The standard InChI is InChI=1S/C38H30O6/c1-21-11-9-12-22(2)35(21)43-37(41)29-19-25-15-5-7-17-27(25)31(33(29)39)32-28-18-8-6-16-26(28)20-30(34(32)40)38(42)44-36-23(3)13-10-14-24(36)4/h5-20,39-40H,1-4H3. The Morgan fingerprint density at radius 3 is 1.20 bits per heavy atom. The first-order valence-corrected chi connectivity index (χ1v) is 14.2. The number of hydrogen-bond donors (Lipinski definition) is 2. The number of para-hydroxylation sites is 2. The molecule has 6 rings (SSSR count). The maximum absolute atomic E-state index is 13.6. The Bertz CT molecular complexity index is 1930. The van der Waals surface area contributed by atoms with Crippen LogP contribution < -0.4 is 9.47 Å². The van der Waals surface area contributed by atoms with E-state index >= 15 is 0 Å². The van der Waals surface area contributed by atoms with Gasteiger partial charge in [0.05, 0.1) is 0 Å². The highest BCUT2D eigenvalue weighted by molar-refractivity contribution is 6.16. The number of carbonyl (C=O) groups excluding carboxylic acids is 2. The molecule has 2 N–H and O–H groups in total. The maximum atomic E-state index is 13.6. The second-order valence-electron chi connectivity index (χ2n) is 11.0. The zero-order chi connectivity index (χ0) is 31.1. The molecule has 0 fully saturated rings. The molecule has 6 aromatic carbocycles. The van der Waals surface area contributed by atoms with E-state index in [1.807, 2.05) is 88.4 Å². The highest BCUT2D eigenvalue weighted by Gasteiger charge is 2.28. The Balaban J connectivity index is 1.58. The van der Waals surface area contributed by atoms with Crippen molar-refractivity contribution in [3.8, 4) is 34.1 Å². The number of esters is 2. The van der Waals surface area contributed by atoms with Crippen LogP contribution in [0.4, 0.5) is 0 Å². The molecule has 0 radical (unpaired) electrons. The van der Waals surface area contributed by atoms with Gasteiger partial charge < -0.3 is 19.7 Å². The number of carbonyl (C=O) groups is 2. The normalized spacial score (nSPS) is 11.1. The van der Waals surface area contributed by atoms with Crippen molar-refractivity contribution >= 4 is 33.5 Å². The molecular formula is C38H30O6. The molecule has 0 aliphatic rings. The first kappa shape index (κ1) is 28.5. The molecule has 0 aliphatic heterocycles. The highest BCUT2D eigenvalue weighted by Crippen LogP contribution is 2.48. The smallest absolute Gasteiger partial charge is 0.347 e. The van der Waals surface area contributed by atoms with Crippen molar-refractivity contribution in [2.75, 3.05) is 0 Å². The minimum absolute atomic E-state index is 0.0756. The van der Waals surface area contributed by atoms with E-state index in [1.165, 1.54) is 0 Å².